The molecule has 0 saturated carbocycles. The summed E-state index contributed by atoms with van der Waals surface area (Å²) in [5.41, 5.74) is 0.931. The Morgan fingerprint density at radius 3 is 2.36 bits per heavy atom. The van der Waals surface area contributed by atoms with Crippen LogP contribution in [0.25, 0.3) is 10.8 Å². The van der Waals surface area contributed by atoms with E-state index < -0.39 is 0 Å². The zero-order valence-corrected chi connectivity index (χ0v) is 12.3. The second-order valence-corrected chi connectivity index (χ2v) is 6.13. The monoisotopic (exact) mass is 305 g/mol. The van der Waals surface area contributed by atoms with Crippen LogP contribution >= 0.6 is 11.8 Å². The predicted molar refractivity (Wildman–Crippen MR) is 86.3 cm³/mol. The Morgan fingerprint density at radius 2 is 1.45 bits per heavy atom. The average Bonchev–Trinajstić information content (AvgIpc) is 2.83. The Balaban J connectivity index is 1.85. The minimum atomic E-state index is -0.319. The molecule has 22 heavy (non-hydrogen) atoms. The molecule has 0 aliphatic carbocycles. The van der Waals surface area contributed by atoms with Gasteiger partial charge >= 0.3 is 0 Å². The van der Waals surface area contributed by atoms with E-state index in [4.69, 9.17) is 0 Å². The fourth-order valence-electron chi connectivity index (χ4n) is 2.68. The molecule has 3 aromatic carbocycles. The van der Waals surface area contributed by atoms with Crippen LogP contribution < -0.4 is 5.32 Å². The van der Waals surface area contributed by atoms with Gasteiger partial charge < -0.3 is 0 Å². The summed E-state index contributed by atoms with van der Waals surface area (Å²) in [6.45, 7) is 0. The van der Waals surface area contributed by atoms with E-state index in [2.05, 4.69) is 23.5 Å². The summed E-state index contributed by atoms with van der Waals surface area (Å²) >= 11 is 1.52. The van der Waals surface area contributed by atoms with Crippen molar-refractivity contribution in [3.05, 3.63) is 71.8 Å². The highest BCUT2D eigenvalue weighted by Gasteiger charge is 2.29. The lowest BCUT2D eigenvalue weighted by Crippen LogP contribution is -2.20. The van der Waals surface area contributed by atoms with Crippen molar-refractivity contribution in [2.75, 3.05) is 0 Å². The maximum Gasteiger partial charge on any atom is 0.260 e. The van der Waals surface area contributed by atoms with Crippen LogP contribution in [0.4, 0.5) is 0 Å². The molecule has 1 heterocycles. The summed E-state index contributed by atoms with van der Waals surface area (Å²) < 4.78 is 0. The molecule has 1 aliphatic rings. The molecule has 0 atom stereocenters. The van der Waals surface area contributed by atoms with Crippen LogP contribution in [0.1, 0.15) is 20.7 Å². The van der Waals surface area contributed by atoms with E-state index in [1.54, 1.807) is 6.07 Å². The molecule has 4 rings (SSSR count). The predicted octanol–water partition coefficient (Wildman–Crippen LogP) is 3.87. The summed E-state index contributed by atoms with van der Waals surface area (Å²) in [7, 11) is 0. The van der Waals surface area contributed by atoms with E-state index in [-0.39, 0.29) is 11.8 Å². The van der Waals surface area contributed by atoms with Crippen LogP contribution in [0.15, 0.2) is 70.5 Å². The third-order valence-corrected chi connectivity index (χ3v) is 4.83. The van der Waals surface area contributed by atoms with Gasteiger partial charge in [0, 0.05) is 9.79 Å². The maximum absolute atomic E-state index is 12.0. The quantitative estimate of drug-likeness (QED) is 0.731. The van der Waals surface area contributed by atoms with Crippen LogP contribution in [0.5, 0.6) is 0 Å². The molecular formula is C18H11NO2S. The SMILES string of the molecule is O=C1NC(=O)c2c(Sc3cccc4ccccc34)cccc21. The maximum atomic E-state index is 12.0. The molecule has 0 saturated heterocycles. The highest BCUT2D eigenvalue weighted by atomic mass is 32.2. The van der Waals surface area contributed by atoms with Crippen molar-refractivity contribution in [2.24, 2.45) is 0 Å². The van der Waals surface area contributed by atoms with Crippen LogP contribution in [0, 0.1) is 0 Å². The van der Waals surface area contributed by atoms with Gasteiger partial charge in [-0.15, -0.1) is 0 Å². The fraction of sp³-hybridized carbons (Fsp3) is 0. The molecule has 3 aromatic rings. The van der Waals surface area contributed by atoms with Gasteiger partial charge in [0.25, 0.3) is 11.8 Å². The van der Waals surface area contributed by atoms with E-state index in [0.29, 0.717) is 11.1 Å². The van der Waals surface area contributed by atoms with Gasteiger partial charge in [-0.2, -0.15) is 0 Å². The summed E-state index contributed by atoms with van der Waals surface area (Å²) in [4.78, 5) is 25.6. The smallest absolute Gasteiger partial charge is 0.260 e. The van der Waals surface area contributed by atoms with E-state index in [1.807, 2.05) is 36.4 Å². The molecule has 4 heteroatoms. The number of amides is 2. The molecule has 1 aliphatic heterocycles. The van der Waals surface area contributed by atoms with Crippen molar-refractivity contribution in [3.63, 3.8) is 0 Å². The first-order chi connectivity index (χ1) is 10.7. The average molecular weight is 305 g/mol. The first-order valence-electron chi connectivity index (χ1n) is 6.88. The highest BCUT2D eigenvalue weighted by Crippen LogP contribution is 2.37. The van der Waals surface area contributed by atoms with Crippen molar-refractivity contribution < 1.29 is 9.59 Å². The zero-order valence-electron chi connectivity index (χ0n) is 11.5. The van der Waals surface area contributed by atoms with Gasteiger partial charge in [0.1, 0.15) is 0 Å². The molecule has 3 nitrogen and oxygen atoms in total. The Hall–Kier alpha value is -2.59. The van der Waals surface area contributed by atoms with Gasteiger partial charge in [-0.3, -0.25) is 14.9 Å². The molecule has 1 N–H and O–H groups in total. The van der Waals surface area contributed by atoms with Crippen LogP contribution in [0.3, 0.4) is 0 Å². The summed E-state index contributed by atoms with van der Waals surface area (Å²) in [6, 6.07) is 19.6. The third-order valence-electron chi connectivity index (χ3n) is 3.69. The van der Waals surface area contributed by atoms with E-state index in [0.717, 1.165) is 20.6 Å². The molecule has 2 amide bonds. The molecule has 0 radical (unpaired) electrons. The number of fused-ring (bicyclic) bond motifs is 2. The Kier molecular flexibility index (Phi) is 2.98. The number of hydrogen-bond acceptors (Lipinski definition) is 3. The highest BCUT2D eigenvalue weighted by molar-refractivity contribution is 7.99. The Labute approximate surface area is 131 Å². The van der Waals surface area contributed by atoms with E-state index in [9.17, 15) is 9.59 Å². The standard InChI is InChI=1S/C18H11NO2S/c20-17-13-8-4-10-15(16(13)18(21)19-17)22-14-9-3-6-11-5-1-2-7-12(11)14/h1-10H,(H,19,20,21). The largest absolute Gasteiger partial charge is 0.288 e. The normalized spacial score (nSPS) is 13.3. The molecule has 0 bridgehead atoms. The first-order valence-corrected chi connectivity index (χ1v) is 7.70. The topological polar surface area (TPSA) is 46.2 Å². The molecule has 106 valence electrons. The fourth-order valence-corrected chi connectivity index (χ4v) is 3.81. The lowest BCUT2D eigenvalue weighted by molar-refractivity contribution is 0.0879. The van der Waals surface area contributed by atoms with E-state index >= 15 is 0 Å². The van der Waals surface area contributed by atoms with Gasteiger partial charge in [0.15, 0.2) is 0 Å². The summed E-state index contributed by atoms with van der Waals surface area (Å²) in [6.07, 6.45) is 0. The lowest BCUT2D eigenvalue weighted by Gasteiger charge is -2.08. The minimum absolute atomic E-state index is 0.316. The van der Waals surface area contributed by atoms with Crippen LogP contribution in [-0.4, -0.2) is 11.8 Å². The molecule has 0 spiro atoms. The second-order valence-electron chi connectivity index (χ2n) is 5.04. The van der Waals surface area contributed by atoms with Crippen molar-refractivity contribution in [2.45, 2.75) is 9.79 Å². The number of rotatable bonds is 2. The van der Waals surface area contributed by atoms with Crippen molar-refractivity contribution in [3.8, 4) is 0 Å². The summed E-state index contributed by atoms with van der Waals surface area (Å²) in [5, 5.41) is 4.64. The molecule has 0 fully saturated rings. The van der Waals surface area contributed by atoms with Gasteiger partial charge in [-0.05, 0) is 29.0 Å². The van der Waals surface area contributed by atoms with Crippen molar-refractivity contribution in [1.29, 1.82) is 0 Å². The molecule has 0 unspecified atom stereocenters. The zero-order chi connectivity index (χ0) is 15.1. The van der Waals surface area contributed by atoms with Crippen molar-refractivity contribution >= 4 is 34.3 Å². The summed E-state index contributed by atoms with van der Waals surface area (Å²) in [5.74, 6) is -0.635. The number of imide groups is 1. The third kappa shape index (κ3) is 2.00. The number of hydrogen-bond donors (Lipinski definition) is 1. The second kappa shape index (κ2) is 5.00. The van der Waals surface area contributed by atoms with Gasteiger partial charge in [0.05, 0.1) is 11.1 Å². The van der Waals surface area contributed by atoms with Crippen molar-refractivity contribution in [1.82, 2.24) is 5.32 Å². The lowest BCUT2D eigenvalue weighted by atomic mass is 10.1. The van der Waals surface area contributed by atoms with Gasteiger partial charge in [-0.1, -0.05) is 54.2 Å². The molecular weight excluding hydrogens is 294 g/mol. The Bertz CT molecular complexity index is 928. The van der Waals surface area contributed by atoms with E-state index in [1.165, 1.54) is 11.8 Å². The van der Waals surface area contributed by atoms with Crippen LogP contribution in [-0.2, 0) is 0 Å². The van der Waals surface area contributed by atoms with Crippen LogP contribution in [0.2, 0.25) is 0 Å². The Morgan fingerprint density at radius 1 is 0.727 bits per heavy atom. The van der Waals surface area contributed by atoms with Gasteiger partial charge in [-0.25, -0.2) is 0 Å². The molecule has 0 aromatic heterocycles. The first kappa shape index (κ1) is 13.1. The number of carbonyl (C=O) groups is 2. The van der Waals surface area contributed by atoms with Gasteiger partial charge in [0.2, 0.25) is 0 Å². The number of carbonyl (C=O) groups excluding carboxylic acids is 2. The minimum Gasteiger partial charge on any atom is -0.288 e. The number of benzene rings is 3. The number of nitrogens with one attached hydrogen (secondary N) is 1.